The highest BCUT2D eigenvalue weighted by Gasteiger charge is 2.20. The van der Waals surface area contributed by atoms with Crippen LogP contribution in [0.25, 0.3) is 0 Å². The summed E-state index contributed by atoms with van der Waals surface area (Å²) in [6, 6.07) is 1.84. The Kier molecular flexibility index (Phi) is 4.49. The molecule has 16 heavy (non-hydrogen) atoms. The first-order valence-corrected chi connectivity index (χ1v) is 5.58. The third kappa shape index (κ3) is 3.34. The molecule has 0 amide bonds. The van der Waals surface area contributed by atoms with Gasteiger partial charge in [0.15, 0.2) is 0 Å². The average Bonchev–Trinajstić information content (AvgIpc) is 2.30. The van der Waals surface area contributed by atoms with Crippen molar-refractivity contribution in [2.24, 2.45) is 0 Å². The Morgan fingerprint density at radius 2 is 2.00 bits per heavy atom. The smallest absolute Gasteiger partial charge is 0.131 e. The first kappa shape index (κ1) is 12.7. The molecule has 0 aliphatic carbocycles. The molecule has 1 heterocycles. The lowest BCUT2D eigenvalue weighted by atomic mass is 10.0. The van der Waals surface area contributed by atoms with Gasteiger partial charge in [-0.2, -0.15) is 0 Å². The van der Waals surface area contributed by atoms with E-state index in [1.54, 1.807) is 0 Å². The fraction of sp³-hybridized carbons (Fsp3) is 0.636. The van der Waals surface area contributed by atoms with Gasteiger partial charge in [-0.25, -0.2) is 9.97 Å². The van der Waals surface area contributed by atoms with Gasteiger partial charge in [-0.1, -0.05) is 6.92 Å². The van der Waals surface area contributed by atoms with Gasteiger partial charge >= 0.3 is 0 Å². The van der Waals surface area contributed by atoms with Crippen molar-refractivity contribution in [2.45, 2.75) is 32.7 Å². The zero-order chi connectivity index (χ0) is 12.0. The summed E-state index contributed by atoms with van der Waals surface area (Å²) in [4.78, 5) is 8.22. The summed E-state index contributed by atoms with van der Waals surface area (Å²) >= 11 is 0. The van der Waals surface area contributed by atoms with Crippen LogP contribution < -0.4 is 10.6 Å². The summed E-state index contributed by atoms with van der Waals surface area (Å²) < 4.78 is 0. The quantitative estimate of drug-likeness (QED) is 0.683. The summed E-state index contributed by atoms with van der Waals surface area (Å²) in [7, 11) is 0. The van der Waals surface area contributed by atoms with Gasteiger partial charge in [0, 0.05) is 12.6 Å². The van der Waals surface area contributed by atoms with Crippen LogP contribution in [-0.2, 0) is 0 Å². The molecule has 5 heteroatoms. The minimum atomic E-state index is -0.335. The van der Waals surface area contributed by atoms with Gasteiger partial charge in [0.05, 0.1) is 12.1 Å². The minimum absolute atomic E-state index is 0.0735. The van der Waals surface area contributed by atoms with Crippen molar-refractivity contribution in [2.75, 3.05) is 23.8 Å². The Morgan fingerprint density at radius 1 is 1.31 bits per heavy atom. The molecule has 0 bridgehead atoms. The van der Waals surface area contributed by atoms with E-state index in [4.69, 9.17) is 0 Å². The molecule has 0 aliphatic rings. The van der Waals surface area contributed by atoms with Crippen LogP contribution in [0.3, 0.4) is 0 Å². The maximum absolute atomic E-state index is 9.30. The average molecular weight is 224 g/mol. The first-order chi connectivity index (χ1) is 7.63. The molecule has 0 saturated heterocycles. The highest BCUT2D eigenvalue weighted by molar-refractivity contribution is 5.47. The number of rotatable bonds is 6. The number of aliphatic hydroxyl groups excluding tert-OH is 1. The second-order valence-corrected chi connectivity index (χ2v) is 4.02. The largest absolute Gasteiger partial charge is 0.394 e. The standard InChI is InChI=1S/C11H20N4O/c1-4-11(3,7-16)15-10-6-9(12-5-2)13-8-14-10/h6,8,16H,4-5,7H2,1-3H3,(H2,12,13,14,15). The van der Waals surface area contributed by atoms with Crippen molar-refractivity contribution in [1.82, 2.24) is 9.97 Å². The maximum atomic E-state index is 9.30. The molecule has 0 radical (unpaired) electrons. The number of hydrogen-bond acceptors (Lipinski definition) is 5. The van der Waals surface area contributed by atoms with Crippen molar-refractivity contribution in [3.05, 3.63) is 12.4 Å². The third-order valence-corrected chi connectivity index (χ3v) is 2.58. The molecule has 90 valence electrons. The van der Waals surface area contributed by atoms with E-state index < -0.39 is 0 Å². The van der Waals surface area contributed by atoms with Crippen molar-refractivity contribution in [1.29, 1.82) is 0 Å². The minimum Gasteiger partial charge on any atom is -0.394 e. The van der Waals surface area contributed by atoms with E-state index in [9.17, 15) is 5.11 Å². The number of nitrogens with one attached hydrogen (secondary N) is 2. The molecule has 1 aromatic heterocycles. The first-order valence-electron chi connectivity index (χ1n) is 5.58. The molecule has 3 N–H and O–H groups in total. The van der Waals surface area contributed by atoms with Gasteiger partial charge in [0.1, 0.15) is 18.0 Å². The lowest BCUT2D eigenvalue weighted by Crippen LogP contribution is -2.38. The molecule has 1 rings (SSSR count). The summed E-state index contributed by atoms with van der Waals surface area (Å²) in [5, 5.41) is 15.6. The zero-order valence-electron chi connectivity index (χ0n) is 10.1. The van der Waals surface area contributed by atoms with E-state index in [2.05, 4.69) is 20.6 Å². The molecule has 0 saturated carbocycles. The van der Waals surface area contributed by atoms with Crippen LogP contribution >= 0.6 is 0 Å². The molecule has 0 aliphatic heterocycles. The van der Waals surface area contributed by atoms with Crippen LogP contribution in [0.2, 0.25) is 0 Å². The molecule has 0 aromatic carbocycles. The lowest BCUT2D eigenvalue weighted by molar-refractivity contribution is 0.218. The van der Waals surface area contributed by atoms with Crippen molar-refractivity contribution >= 4 is 11.6 Å². The molecule has 1 atom stereocenters. The maximum Gasteiger partial charge on any atom is 0.131 e. The number of aromatic nitrogens is 2. The van der Waals surface area contributed by atoms with Crippen LogP contribution in [0.4, 0.5) is 11.6 Å². The Bertz CT molecular complexity index is 326. The normalized spacial score (nSPS) is 14.2. The van der Waals surface area contributed by atoms with E-state index in [-0.39, 0.29) is 12.1 Å². The van der Waals surface area contributed by atoms with Crippen LogP contribution in [0.5, 0.6) is 0 Å². The van der Waals surface area contributed by atoms with Gasteiger partial charge in [0.2, 0.25) is 0 Å². The van der Waals surface area contributed by atoms with Gasteiger partial charge < -0.3 is 15.7 Å². The van der Waals surface area contributed by atoms with Crippen LogP contribution in [0.15, 0.2) is 12.4 Å². The second kappa shape index (κ2) is 5.65. The third-order valence-electron chi connectivity index (χ3n) is 2.58. The number of hydrogen-bond donors (Lipinski definition) is 3. The van der Waals surface area contributed by atoms with Crippen molar-refractivity contribution in [3.63, 3.8) is 0 Å². The van der Waals surface area contributed by atoms with Crippen molar-refractivity contribution < 1.29 is 5.11 Å². The predicted octanol–water partition coefficient (Wildman–Crippen LogP) is 1.48. The molecule has 1 aromatic rings. The Hall–Kier alpha value is -1.36. The van der Waals surface area contributed by atoms with Crippen molar-refractivity contribution in [3.8, 4) is 0 Å². The van der Waals surface area contributed by atoms with E-state index in [0.29, 0.717) is 0 Å². The number of aliphatic hydroxyl groups is 1. The molecular formula is C11H20N4O. The molecular weight excluding hydrogens is 204 g/mol. The second-order valence-electron chi connectivity index (χ2n) is 4.02. The zero-order valence-corrected chi connectivity index (χ0v) is 10.1. The van der Waals surface area contributed by atoms with E-state index >= 15 is 0 Å². The van der Waals surface area contributed by atoms with Crippen LogP contribution in [0.1, 0.15) is 27.2 Å². The van der Waals surface area contributed by atoms with E-state index in [1.165, 1.54) is 6.33 Å². The number of anilines is 2. The van der Waals surface area contributed by atoms with Gasteiger partial charge in [-0.3, -0.25) is 0 Å². The highest BCUT2D eigenvalue weighted by Crippen LogP contribution is 2.17. The summed E-state index contributed by atoms with van der Waals surface area (Å²) in [5.74, 6) is 1.51. The van der Waals surface area contributed by atoms with Crippen LogP contribution in [0, 0.1) is 0 Å². The highest BCUT2D eigenvalue weighted by atomic mass is 16.3. The van der Waals surface area contributed by atoms with Crippen LogP contribution in [-0.4, -0.2) is 33.8 Å². The lowest BCUT2D eigenvalue weighted by Gasteiger charge is -2.27. The monoisotopic (exact) mass is 224 g/mol. The van der Waals surface area contributed by atoms with E-state index in [0.717, 1.165) is 24.6 Å². The van der Waals surface area contributed by atoms with E-state index in [1.807, 2.05) is 26.8 Å². The summed E-state index contributed by atoms with van der Waals surface area (Å²) in [6.07, 6.45) is 2.33. The Balaban J connectivity index is 2.76. The molecule has 0 fully saturated rings. The molecule has 5 nitrogen and oxygen atoms in total. The summed E-state index contributed by atoms with van der Waals surface area (Å²) in [6.45, 7) is 6.89. The number of nitrogens with zero attached hydrogens (tertiary/aromatic N) is 2. The molecule has 0 spiro atoms. The Labute approximate surface area is 96.3 Å². The van der Waals surface area contributed by atoms with Gasteiger partial charge in [0.25, 0.3) is 0 Å². The fourth-order valence-electron chi connectivity index (χ4n) is 1.25. The van der Waals surface area contributed by atoms with Gasteiger partial charge in [-0.15, -0.1) is 0 Å². The predicted molar refractivity (Wildman–Crippen MR) is 65.6 cm³/mol. The SMILES string of the molecule is CCNc1cc(NC(C)(CC)CO)ncn1. The van der Waals surface area contributed by atoms with Gasteiger partial charge in [-0.05, 0) is 20.3 Å². The summed E-state index contributed by atoms with van der Waals surface area (Å²) in [5.41, 5.74) is -0.335. The topological polar surface area (TPSA) is 70.1 Å². The molecule has 1 unspecified atom stereocenters. The fourth-order valence-corrected chi connectivity index (χ4v) is 1.25. The Morgan fingerprint density at radius 3 is 2.56 bits per heavy atom.